The Morgan fingerprint density at radius 2 is 1.08 bits per heavy atom. The van der Waals surface area contributed by atoms with E-state index in [2.05, 4.69) is 95.3 Å². The Balaban J connectivity index is 0.000000450. The highest BCUT2D eigenvalue weighted by Gasteiger charge is 2.44. The van der Waals surface area contributed by atoms with E-state index in [9.17, 15) is 0 Å². The van der Waals surface area contributed by atoms with Crippen molar-refractivity contribution in [1.82, 2.24) is 0 Å². The lowest BCUT2D eigenvalue weighted by atomic mass is 9.68. The van der Waals surface area contributed by atoms with Gasteiger partial charge in [0, 0.05) is 0 Å². The monoisotopic (exact) mass is 356 g/mol. The molecule has 0 aromatic heterocycles. The predicted octanol–water partition coefficient (Wildman–Crippen LogP) is 5.86. The summed E-state index contributed by atoms with van der Waals surface area (Å²) in [5, 5.41) is 0. The molecule has 0 unspecified atom stereocenters. The van der Waals surface area contributed by atoms with Crippen LogP contribution in [0.5, 0.6) is 0 Å². The first kappa shape index (κ1) is 21.7. The van der Waals surface area contributed by atoms with Crippen LogP contribution in [0.2, 0.25) is 0 Å². The number of rotatable bonds is 6. The zero-order valence-electron chi connectivity index (χ0n) is 17.0. The van der Waals surface area contributed by atoms with E-state index < -0.39 is 0 Å². The highest BCUT2D eigenvalue weighted by Crippen LogP contribution is 2.47. The number of benzene rings is 2. The maximum absolute atomic E-state index is 6.21. The lowest BCUT2D eigenvalue weighted by Crippen LogP contribution is -2.43. The van der Waals surface area contributed by atoms with Crippen LogP contribution in [-0.4, -0.2) is 10.5 Å². The summed E-state index contributed by atoms with van der Waals surface area (Å²) in [6.45, 7) is 11.2. The third-order valence-corrected chi connectivity index (χ3v) is 5.29. The Kier molecular flexibility index (Phi) is 9.16. The second-order valence-electron chi connectivity index (χ2n) is 7.57. The van der Waals surface area contributed by atoms with Crippen LogP contribution in [0.25, 0.3) is 0 Å². The van der Waals surface area contributed by atoms with Gasteiger partial charge in [0.2, 0.25) is 0 Å². The molecule has 0 spiro atoms. The van der Waals surface area contributed by atoms with Crippen molar-refractivity contribution in [3.63, 3.8) is 0 Å². The summed E-state index contributed by atoms with van der Waals surface area (Å²) in [5.74, 6) is 0. The Labute approximate surface area is 158 Å². The van der Waals surface area contributed by atoms with Crippen LogP contribution in [0.3, 0.4) is 0 Å². The van der Waals surface area contributed by atoms with Gasteiger partial charge in [-0.15, -0.1) is 0 Å². The van der Waals surface area contributed by atoms with Crippen LogP contribution in [0.4, 0.5) is 0 Å². The first-order chi connectivity index (χ1) is 11.9. The molecular formula is C23H36OSi. The van der Waals surface area contributed by atoms with Crippen LogP contribution in [0, 0.1) is 5.41 Å². The normalized spacial score (nSPS) is 11.7. The fourth-order valence-corrected chi connectivity index (χ4v) is 4.50. The SMILES string of the molecule is CC(C)(C)C(O[SiH3])(c1ccccc1)c1ccccc1.CCCCCC. The fraction of sp³-hybridized carbons (Fsp3) is 0.478. The molecule has 0 aliphatic heterocycles. The van der Waals surface area contributed by atoms with E-state index in [1.807, 2.05) is 0 Å². The van der Waals surface area contributed by atoms with Crippen molar-refractivity contribution in [2.45, 2.75) is 65.9 Å². The second kappa shape index (κ2) is 10.6. The van der Waals surface area contributed by atoms with E-state index in [1.54, 1.807) is 0 Å². The molecule has 0 N–H and O–H groups in total. The van der Waals surface area contributed by atoms with E-state index in [-0.39, 0.29) is 11.0 Å². The molecule has 0 heterocycles. The van der Waals surface area contributed by atoms with Gasteiger partial charge in [-0.2, -0.15) is 0 Å². The summed E-state index contributed by atoms with van der Waals surface area (Å²) < 4.78 is 6.21. The molecule has 2 aromatic carbocycles. The number of hydrogen-bond acceptors (Lipinski definition) is 1. The van der Waals surface area contributed by atoms with Gasteiger partial charge >= 0.3 is 0 Å². The third kappa shape index (κ3) is 5.55. The van der Waals surface area contributed by atoms with Gasteiger partial charge in [0.1, 0.15) is 16.1 Å². The van der Waals surface area contributed by atoms with Crippen LogP contribution in [0.1, 0.15) is 71.4 Å². The molecule has 0 bridgehead atoms. The standard InChI is InChI=1S/C17H22OSi.C6H14/c1-16(2,3)17(18-19,14-10-6-4-7-11-14)15-12-8-5-9-13-15;1-3-5-6-4-2/h4-13H,1-3,19H3;3-6H2,1-2H3. The smallest absolute Gasteiger partial charge is 0.147 e. The highest BCUT2D eigenvalue weighted by atomic mass is 28.2. The Morgan fingerprint density at radius 1 is 0.720 bits per heavy atom. The fourth-order valence-electron chi connectivity index (χ4n) is 3.42. The minimum absolute atomic E-state index is 0.0164. The van der Waals surface area contributed by atoms with Gasteiger partial charge in [0.15, 0.2) is 0 Å². The summed E-state index contributed by atoms with van der Waals surface area (Å²) in [5.41, 5.74) is 2.06. The summed E-state index contributed by atoms with van der Waals surface area (Å²) in [7, 11) is 0.697. The second-order valence-corrected chi connectivity index (χ2v) is 7.98. The van der Waals surface area contributed by atoms with Crippen molar-refractivity contribution in [2.75, 3.05) is 0 Å². The van der Waals surface area contributed by atoms with Gasteiger partial charge in [-0.3, -0.25) is 0 Å². The minimum atomic E-state index is -0.373. The number of unbranched alkanes of at least 4 members (excludes halogenated alkanes) is 3. The first-order valence-corrected chi connectivity index (χ1v) is 10.4. The van der Waals surface area contributed by atoms with E-state index in [0.717, 1.165) is 0 Å². The van der Waals surface area contributed by atoms with Gasteiger partial charge in [-0.25, -0.2) is 0 Å². The topological polar surface area (TPSA) is 9.23 Å². The lowest BCUT2D eigenvalue weighted by molar-refractivity contribution is 0.00678. The lowest BCUT2D eigenvalue weighted by Gasteiger charge is -2.45. The van der Waals surface area contributed by atoms with Crippen LogP contribution >= 0.6 is 0 Å². The minimum Gasteiger partial charge on any atom is -0.414 e. The molecule has 0 saturated heterocycles. The van der Waals surface area contributed by atoms with Gasteiger partial charge < -0.3 is 4.43 Å². The summed E-state index contributed by atoms with van der Waals surface area (Å²) >= 11 is 0. The Morgan fingerprint density at radius 3 is 1.32 bits per heavy atom. The molecule has 0 saturated carbocycles. The van der Waals surface area contributed by atoms with Crippen molar-refractivity contribution in [3.8, 4) is 0 Å². The Bertz CT molecular complexity index is 529. The molecule has 1 nitrogen and oxygen atoms in total. The van der Waals surface area contributed by atoms with Crippen molar-refractivity contribution in [3.05, 3.63) is 71.8 Å². The van der Waals surface area contributed by atoms with Gasteiger partial charge in [-0.1, -0.05) is 121 Å². The van der Waals surface area contributed by atoms with Gasteiger partial charge in [0.05, 0.1) is 0 Å². The Hall–Kier alpha value is -1.38. The van der Waals surface area contributed by atoms with Crippen molar-refractivity contribution in [2.24, 2.45) is 5.41 Å². The molecule has 0 aliphatic rings. The molecular weight excluding hydrogens is 320 g/mol. The van der Waals surface area contributed by atoms with E-state index in [0.29, 0.717) is 10.5 Å². The van der Waals surface area contributed by atoms with Crippen LogP contribution < -0.4 is 0 Å². The molecule has 0 radical (unpaired) electrons. The molecule has 2 heteroatoms. The number of hydrogen-bond donors (Lipinski definition) is 0. The molecule has 0 amide bonds. The highest BCUT2D eigenvalue weighted by molar-refractivity contribution is 5.98. The van der Waals surface area contributed by atoms with E-state index in [1.165, 1.54) is 36.8 Å². The molecule has 0 fully saturated rings. The zero-order chi connectivity index (χ0) is 18.8. The summed E-state index contributed by atoms with van der Waals surface area (Å²) in [4.78, 5) is 0. The first-order valence-electron chi connectivity index (χ1n) is 9.60. The maximum Gasteiger partial charge on any atom is 0.147 e. The van der Waals surface area contributed by atoms with Crippen molar-refractivity contribution < 1.29 is 4.43 Å². The quantitative estimate of drug-likeness (QED) is 0.465. The van der Waals surface area contributed by atoms with Crippen molar-refractivity contribution in [1.29, 1.82) is 0 Å². The average Bonchev–Trinajstić information content (AvgIpc) is 2.62. The molecule has 0 atom stereocenters. The van der Waals surface area contributed by atoms with E-state index >= 15 is 0 Å². The molecule has 25 heavy (non-hydrogen) atoms. The molecule has 2 aromatic rings. The summed E-state index contributed by atoms with van der Waals surface area (Å²) in [6.07, 6.45) is 5.54. The summed E-state index contributed by atoms with van der Waals surface area (Å²) in [6, 6.07) is 21.1. The molecule has 0 aliphatic carbocycles. The van der Waals surface area contributed by atoms with Gasteiger partial charge in [-0.05, 0) is 16.5 Å². The predicted molar refractivity (Wildman–Crippen MR) is 114 cm³/mol. The van der Waals surface area contributed by atoms with Gasteiger partial charge in [0.25, 0.3) is 0 Å². The van der Waals surface area contributed by atoms with E-state index in [4.69, 9.17) is 4.43 Å². The average molecular weight is 357 g/mol. The molecule has 138 valence electrons. The third-order valence-electron chi connectivity index (χ3n) is 4.68. The van der Waals surface area contributed by atoms with Crippen LogP contribution in [0.15, 0.2) is 60.7 Å². The maximum atomic E-state index is 6.21. The largest absolute Gasteiger partial charge is 0.414 e. The zero-order valence-corrected chi connectivity index (χ0v) is 19.0. The van der Waals surface area contributed by atoms with Crippen LogP contribution in [-0.2, 0) is 10.0 Å². The molecule has 2 rings (SSSR count). The van der Waals surface area contributed by atoms with Crippen molar-refractivity contribution >= 4 is 10.5 Å².